The number of nitrogens with zero attached hydrogens (tertiary/aromatic N) is 4. The number of fused-ring (bicyclic) bond motifs is 2. The minimum absolute atomic E-state index is 0.223. The molecule has 0 saturated carbocycles. The molecule has 3 aromatic heterocycles. The van der Waals surface area contributed by atoms with E-state index in [2.05, 4.69) is 25.6 Å². The molecule has 2 aromatic carbocycles. The molecule has 10 heteroatoms. The van der Waals surface area contributed by atoms with Gasteiger partial charge < -0.3 is 26.1 Å². The monoisotopic (exact) mass is 483 g/mol. The van der Waals surface area contributed by atoms with E-state index in [1.165, 1.54) is 6.33 Å². The highest BCUT2D eigenvalue weighted by Gasteiger charge is 2.25. The number of nitrogens with two attached hydrogens (primary N) is 2. The normalized spacial score (nSPS) is 14.4. The first-order valence-corrected chi connectivity index (χ1v) is 12.0. The summed E-state index contributed by atoms with van der Waals surface area (Å²) in [5.74, 6) is 0.686. The van der Waals surface area contributed by atoms with Crippen molar-refractivity contribution in [2.24, 2.45) is 0 Å². The van der Waals surface area contributed by atoms with Gasteiger partial charge in [-0.1, -0.05) is 12.1 Å². The number of amides is 1. The summed E-state index contributed by atoms with van der Waals surface area (Å²) in [6.07, 6.45) is 5.37. The quantitative estimate of drug-likeness (QED) is 0.303. The first kappa shape index (κ1) is 22.1. The number of anilines is 2. The van der Waals surface area contributed by atoms with Crippen molar-refractivity contribution in [2.75, 3.05) is 31.2 Å². The molecular formula is C26H27N8O2+. The third-order valence-corrected chi connectivity index (χ3v) is 6.81. The third kappa shape index (κ3) is 3.81. The van der Waals surface area contributed by atoms with E-state index in [9.17, 15) is 4.79 Å². The minimum Gasteiger partial charge on any atom is -0.495 e. The van der Waals surface area contributed by atoms with Gasteiger partial charge in [0.05, 0.1) is 37.3 Å². The fraction of sp³-hybridized carbons (Fsp3) is 0.231. The zero-order valence-corrected chi connectivity index (χ0v) is 19.9. The van der Waals surface area contributed by atoms with Crippen LogP contribution in [0.1, 0.15) is 29.2 Å². The molecule has 5 aromatic rings. The fourth-order valence-electron chi connectivity index (χ4n) is 4.93. The Morgan fingerprint density at radius 1 is 1.17 bits per heavy atom. The van der Waals surface area contributed by atoms with E-state index < -0.39 is 0 Å². The fourth-order valence-corrected chi connectivity index (χ4v) is 4.93. The van der Waals surface area contributed by atoms with Crippen LogP contribution in [0.15, 0.2) is 55.0 Å². The highest BCUT2D eigenvalue weighted by Crippen LogP contribution is 2.36. The molecule has 0 aliphatic carbocycles. The molecule has 1 aliphatic heterocycles. The number of carbonyl (C=O) groups excluding carboxylic acids is 1. The highest BCUT2D eigenvalue weighted by atomic mass is 16.5. The molecule has 0 radical (unpaired) electrons. The Hall–Kier alpha value is -4.44. The maximum absolute atomic E-state index is 13.0. The van der Waals surface area contributed by atoms with Crippen LogP contribution in [0.3, 0.4) is 0 Å². The third-order valence-electron chi connectivity index (χ3n) is 6.81. The largest absolute Gasteiger partial charge is 0.495 e. The Kier molecular flexibility index (Phi) is 5.49. The molecule has 6 N–H and O–H groups in total. The summed E-state index contributed by atoms with van der Waals surface area (Å²) in [4.78, 5) is 24.8. The van der Waals surface area contributed by atoms with Crippen LogP contribution in [0, 0.1) is 0 Å². The van der Waals surface area contributed by atoms with Crippen molar-refractivity contribution in [1.29, 1.82) is 0 Å². The van der Waals surface area contributed by atoms with Crippen LogP contribution < -0.4 is 21.1 Å². The van der Waals surface area contributed by atoms with Gasteiger partial charge in [0.15, 0.2) is 5.65 Å². The second kappa shape index (κ2) is 8.97. The summed E-state index contributed by atoms with van der Waals surface area (Å²) in [6.45, 7) is 2.11. The van der Waals surface area contributed by atoms with Crippen LogP contribution >= 0.6 is 0 Å². The number of methoxy groups -OCH3 is 1. The van der Waals surface area contributed by atoms with E-state index in [1.807, 2.05) is 47.3 Å². The van der Waals surface area contributed by atoms with E-state index in [1.54, 1.807) is 13.2 Å². The summed E-state index contributed by atoms with van der Waals surface area (Å²) >= 11 is 0. The van der Waals surface area contributed by atoms with Crippen molar-refractivity contribution in [1.82, 2.24) is 24.7 Å². The summed E-state index contributed by atoms with van der Waals surface area (Å²) in [5.41, 5.74) is 10.6. The van der Waals surface area contributed by atoms with Crippen LogP contribution in [0.2, 0.25) is 0 Å². The maximum Gasteiger partial charge on any atom is 0.255 e. The molecule has 4 heterocycles. The number of H-pyrrole nitrogens is 1. The Balaban J connectivity index is 1.36. The topological polar surface area (TPSA) is 140 Å². The maximum atomic E-state index is 13.0. The molecule has 1 amide bonds. The first-order chi connectivity index (χ1) is 17.6. The number of benzene rings is 2. The van der Waals surface area contributed by atoms with Crippen LogP contribution in [0.4, 0.5) is 11.5 Å². The number of aromatic nitrogens is 5. The second-order valence-electron chi connectivity index (χ2n) is 9.00. The highest BCUT2D eigenvalue weighted by molar-refractivity contribution is 6.07. The van der Waals surface area contributed by atoms with Gasteiger partial charge in [-0.3, -0.25) is 4.79 Å². The number of piperidine rings is 1. The SMILES string of the molecule is COc1cc(-c2nn(C3CC[NH2+]CC3)c3ncnc(N)c23)ccc1NC(=O)c1ccc2cc[nH]c2c1. The number of nitrogens with one attached hydrogen (secondary N) is 2. The van der Waals surface area contributed by atoms with Crippen molar-refractivity contribution >= 4 is 39.3 Å². The van der Waals surface area contributed by atoms with E-state index in [0.29, 0.717) is 28.5 Å². The van der Waals surface area contributed by atoms with Crippen molar-refractivity contribution in [3.8, 4) is 17.0 Å². The Morgan fingerprint density at radius 2 is 2.03 bits per heavy atom. The second-order valence-corrected chi connectivity index (χ2v) is 9.00. The lowest BCUT2D eigenvalue weighted by Crippen LogP contribution is -2.86. The molecule has 0 spiro atoms. The van der Waals surface area contributed by atoms with Crippen molar-refractivity contribution < 1.29 is 14.8 Å². The van der Waals surface area contributed by atoms with Gasteiger partial charge in [0.1, 0.15) is 23.6 Å². The number of quaternary nitrogens is 1. The summed E-state index contributed by atoms with van der Waals surface area (Å²) in [7, 11) is 1.58. The number of hydrogen-bond acceptors (Lipinski definition) is 6. The molecule has 0 unspecified atom stereocenters. The zero-order valence-electron chi connectivity index (χ0n) is 19.9. The predicted molar refractivity (Wildman–Crippen MR) is 138 cm³/mol. The molecular weight excluding hydrogens is 456 g/mol. The van der Waals surface area contributed by atoms with Gasteiger partial charge in [0.25, 0.3) is 5.91 Å². The van der Waals surface area contributed by atoms with E-state index >= 15 is 0 Å². The molecule has 6 rings (SSSR count). The number of hydrogen-bond donors (Lipinski definition) is 4. The molecule has 36 heavy (non-hydrogen) atoms. The average Bonchev–Trinajstić information content (AvgIpc) is 3.54. The minimum atomic E-state index is -0.223. The van der Waals surface area contributed by atoms with Crippen molar-refractivity contribution in [3.63, 3.8) is 0 Å². The van der Waals surface area contributed by atoms with Crippen LogP contribution in [0.5, 0.6) is 5.75 Å². The van der Waals surface area contributed by atoms with E-state index in [0.717, 1.165) is 53.4 Å². The van der Waals surface area contributed by atoms with Gasteiger partial charge in [0, 0.05) is 35.7 Å². The number of aromatic amines is 1. The van der Waals surface area contributed by atoms with E-state index in [4.69, 9.17) is 15.6 Å². The van der Waals surface area contributed by atoms with Gasteiger partial charge >= 0.3 is 0 Å². The molecule has 0 bridgehead atoms. The first-order valence-electron chi connectivity index (χ1n) is 12.0. The van der Waals surface area contributed by atoms with Crippen LogP contribution in [0.25, 0.3) is 33.2 Å². The lowest BCUT2D eigenvalue weighted by molar-refractivity contribution is -0.664. The lowest BCUT2D eigenvalue weighted by atomic mass is 10.1. The lowest BCUT2D eigenvalue weighted by Gasteiger charge is -2.21. The Labute approximate surface area is 206 Å². The van der Waals surface area contributed by atoms with Gasteiger partial charge in [0.2, 0.25) is 0 Å². The molecule has 1 fully saturated rings. The van der Waals surface area contributed by atoms with Crippen molar-refractivity contribution in [2.45, 2.75) is 18.9 Å². The Morgan fingerprint density at radius 3 is 2.86 bits per heavy atom. The number of ether oxygens (including phenoxy) is 1. The summed E-state index contributed by atoms with van der Waals surface area (Å²) < 4.78 is 7.64. The number of carbonyl (C=O) groups is 1. The predicted octanol–water partition coefficient (Wildman–Crippen LogP) is 2.72. The van der Waals surface area contributed by atoms with Gasteiger partial charge in [-0.25, -0.2) is 14.6 Å². The zero-order chi connectivity index (χ0) is 24.6. The smallest absolute Gasteiger partial charge is 0.255 e. The molecule has 182 valence electrons. The summed E-state index contributed by atoms with van der Waals surface area (Å²) in [6, 6.07) is 13.4. The Bertz CT molecular complexity index is 1580. The number of rotatable bonds is 5. The standard InChI is InChI=1S/C26H26N8O2/c1-36-21-13-16(4-5-19(21)32-26(35)17-3-2-15-6-11-29-20(15)12-17)23-22-24(27)30-14-31-25(22)34(33-23)18-7-9-28-10-8-18/h2-6,11-14,18,28-29H,7-10H2,1H3,(H,32,35)(H2,27,30,31)/p+1. The van der Waals surface area contributed by atoms with Crippen LogP contribution in [-0.4, -0.2) is 50.8 Å². The van der Waals surface area contributed by atoms with E-state index in [-0.39, 0.29) is 11.9 Å². The van der Waals surface area contributed by atoms with Gasteiger partial charge in [-0.2, -0.15) is 5.10 Å². The van der Waals surface area contributed by atoms with Crippen molar-refractivity contribution in [3.05, 3.63) is 60.6 Å². The molecule has 0 atom stereocenters. The van der Waals surface area contributed by atoms with Gasteiger partial charge in [-0.15, -0.1) is 0 Å². The van der Waals surface area contributed by atoms with Gasteiger partial charge in [-0.05, 0) is 35.7 Å². The molecule has 1 saturated heterocycles. The summed E-state index contributed by atoms with van der Waals surface area (Å²) in [5, 5.41) is 12.0. The molecule has 10 nitrogen and oxygen atoms in total. The molecule has 1 aliphatic rings. The number of nitrogen functional groups attached to an aromatic ring is 1. The van der Waals surface area contributed by atoms with Crippen LogP contribution in [-0.2, 0) is 0 Å². The average molecular weight is 484 g/mol.